The average molecular weight is 668 g/mol. The molecule has 2 aromatic heterocycles. The molecule has 3 heterocycles. The molecule has 51 heavy (non-hydrogen) atoms. The SMILES string of the molecule is c1ccc(-c2cc(-c3ccccc3)nc(-c3cccc4c3sc3cc5c(cc34)C3(c4ccccc4O5)c4ccccc4-c4ccccc43)c2)cc1. The van der Waals surface area contributed by atoms with Crippen molar-refractivity contribution in [1.82, 2.24) is 4.98 Å². The zero-order valence-electron chi connectivity index (χ0n) is 27.5. The van der Waals surface area contributed by atoms with Crippen molar-refractivity contribution < 1.29 is 4.74 Å². The van der Waals surface area contributed by atoms with E-state index in [1.54, 1.807) is 0 Å². The van der Waals surface area contributed by atoms with Crippen molar-refractivity contribution >= 4 is 31.5 Å². The summed E-state index contributed by atoms with van der Waals surface area (Å²) >= 11 is 1.82. The van der Waals surface area contributed by atoms with Gasteiger partial charge in [-0.25, -0.2) is 4.98 Å². The molecule has 0 saturated heterocycles. The number of benzene rings is 7. The van der Waals surface area contributed by atoms with E-state index in [-0.39, 0.29) is 0 Å². The number of nitrogens with zero attached hydrogens (tertiary/aromatic N) is 1. The zero-order valence-corrected chi connectivity index (χ0v) is 28.3. The van der Waals surface area contributed by atoms with Gasteiger partial charge in [0.1, 0.15) is 11.5 Å². The minimum absolute atomic E-state index is 0.492. The summed E-state index contributed by atoms with van der Waals surface area (Å²) in [7, 11) is 0. The van der Waals surface area contributed by atoms with Gasteiger partial charge in [-0.1, -0.05) is 146 Å². The topological polar surface area (TPSA) is 22.1 Å². The first-order chi connectivity index (χ1) is 25.3. The lowest BCUT2D eigenvalue weighted by Gasteiger charge is -2.39. The van der Waals surface area contributed by atoms with Crippen molar-refractivity contribution in [3.63, 3.8) is 0 Å². The Labute approximate surface area is 299 Å². The maximum Gasteiger partial charge on any atom is 0.133 e. The van der Waals surface area contributed by atoms with Gasteiger partial charge in [0.15, 0.2) is 0 Å². The smallest absolute Gasteiger partial charge is 0.133 e. The minimum atomic E-state index is -0.492. The Kier molecular flexibility index (Phi) is 6.07. The Hall–Kier alpha value is -6.29. The van der Waals surface area contributed by atoms with Crippen LogP contribution in [0, 0.1) is 0 Å². The number of thiophene rings is 1. The first-order valence-electron chi connectivity index (χ1n) is 17.4. The molecular formula is C48H29NOS. The Morgan fingerprint density at radius 1 is 0.412 bits per heavy atom. The Balaban J connectivity index is 1.18. The molecule has 0 fully saturated rings. The van der Waals surface area contributed by atoms with Crippen molar-refractivity contribution in [2.75, 3.05) is 0 Å². The highest BCUT2D eigenvalue weighted by atomic mass is 32.1. The van der Waals surface area contributed by atoms with Gasteiger partial charge in [-0.2, -0.15) is 0 Å². The molecule has 0 atom stereocenters. The van der Waals surface area contributed by atoms with Gasteiger partial charge < -0.3 is 4.74 Å². The molecule has 1 aliphatic carbocycles. The Morgan fingerprint density at radius 2 is 1.02 bits per heavy atom. The molecule has 238 valence electrons. The molecule has 0 radical (unpaired) electrons. The van der Waals surface area contributed by atoms with Crippen LogP contribution in [0.5, 0.6) is 11.5 Å². The molecule has 3 heteroatoms. The molecule has 0 saturated carbocycles. The third kappa shape index (κ3) is 4.07. The quantitative estimate of drug-likeness (QED) is 0.187. The van der Waals surface area contributed by atoms with Crippen LogP contribution >= 0.6 is 11.3 Å². The second-order valence-electron chi connectivity index (χ2n) is 13.4. The molecule has 2 aliphatic rings. The van der Waals surface area contributed by atoms with E-state index in [9.17, 15) is 0 Å². The molecule has 2 nitrogen and oxygen atoms in total. The van der Waals surface area contributed by atoms with Crippen LogP contribution in [0.2, 0.25) is 0 Å². The molecule has 0 unspecified atom stereocenters. The van der Waals surface area contributed by atoms with Crippen molar-refractivity contribution in [2.24, 2.45) is 0 Å². The van der Waals surface area contributed by atoms with E-state index in [0.29, 0.717) is 0 Å². The molecule has 1 aliphatic heterocycles. The van der Waals surface area contributed by atoms with Gasteiger partial charge in [0.25, 0.3) is 0 Å². The maximum atomic E-state index is 6.84. The summed E-state index contributed by atoms with van der Waals surface area (Å²) in [6.07, 6.45) is 0. The largest absolute Gasteiger partial charge is 0.457 e. The highest BCUT2D eigenvalue weighted by Crippen LogP contribution is 2.63. The lowest BCUT2D eigenvalue weighted by Crippen LogP contribution is -2.32. The zero-order chi connectivity index (χ0) is 33.5. The molecule has 7 aromatic carbocycles. The minimum Gasteiger partial charge on any atom is -0.457 e. The van der Waals surface area contributed by atoms with E-state index in [0.717, 1.165) is 39.6 Å². The van der Waals surface area contributed by atoms with Crippen LogP contribution in [0.1, 0.15) is 22.3 Å². The summed E-state index contributed by atoms with van der Waals surface area (Å²) in [5.74, 6) is 1.82. The van der Waals surface area contributed by atoms with Crippen LogP contribution < -0.4 is 4.74 Å². The fourth-order valence-electron chi connectivity index (χ4n) is 8.57. The number of hydrogen-bond donors (Lipinski definition) is 0. The summed E-state index contributed by atoms with van der Waals surface area (Å²) in [5, 5.41) is 2.47. The van der Waals surface area contributed by atoms with Crippen molar-refractivity contribution in [2.45, 2.75) is 5.41 Å². The fourth-order valence-corrected chi connectivity index (χ4v) is 9.81. The van der Waals surface area contributed by atoms with Gasteiger partial charge in [0.2, 0.25) is 0 Å². The summed E-state index contributed by atoms with van der Waals surface area (Å²) in [5.41, 5.74) is 13.6. The normalized spacial score (nSPS) is 13.4. The van der Waals surface area contributed by atoms with Crippen LogP contribution in [0.15, 0.2) is 176 Å². The van der Waals surface area contributed by atoms with E-state index in [1.807, 2.05) is 11.3 Å². The van der Waals surface area contributed by atoms with Crippen molar-refractivity contribution in [3.05, 3.63) is 198 Å². The average Bonchev–Trinajstić information content (AvgIpc) is 3.71. The number of ether oxygens (including phenoxy) is 1. The highest BCUT2D eigenvalue weighted by Gasteiger charge is 2.51. The number of pyridine rings is 1. The predicted molar refractivity (Wildman–Crippen MR) is 211 cm³/mol. The highest BCUT2D eigenvalue weighted by molar-refractivity contribution is 7.26. The van der Waals surface area contributed by atoms with Crippen molar-refractivity contribution in [1.29, 1.82) is 0 Å². The summed E-state index contributed by atoms with van der Waals surface area (Å²) < 4.78 is 9.27. The second-order valence-corrected chi connectivity index (χ2v) is 14.5. The molecule has 11 rings (SSSR count). The van der Waals surface area contributed by atoms with Gasteiger partial charge in [-0.05, 0) is 63.7 Å². The van der Waals surface area contributed by atoms with Gasteiger partial charge in [-0.3, -0.25) is 0 Å². The second kappa shape index (κ2) is 10.9. The summed E-state index contributed by atoms with van der Waals surface area (Å²) in [6.45, 7) is 0. The van der Waals surface area contributed by atoms with E-state index in [4.69, 9.17) is 9.72 Å². The lowest BCUT2D eigenvalue weighted by atomic mass is 9.66. The number of hydrogen-bond acceptors (Lipinski definition) is 3. The molecule has 0 N–H and O–H groups in total. The van der Waals surface area contributed by atoms with E-state index in [2.05, 4.69) is 176 Å². The Morgan fingerprint density at radius 3 is 1.76 bits per heavy atom. The maximum absolute atomic E-state index is 6.84. The number of rotatable bonds is 3. The predicted octanol–water partition coefficient (Wildman–Crippen LogP) is 12.9. The lowest BCUT2D eigenvalue weighted by molar-refractivity contribution is 0.437. The standard InChI is InChI=1S/C48H29NOS/c1-3-14-30(15-4-1)32-26-42(31-16-5-2-6-17-31)49-43(27-32)36-21-13-20-35-37-28-41-45(29-46(37)51-47(35)36)50-44-25-12-11-24-40(44)48(41)38-22-9-7-18-33(38)34-19-8-10-23-39(34)48/h1-29H. The Bertz CT molecular complexity index is 2730. The van der Waals surface area contributed by atoms with Crippen LogP contribution in [-0.2, 0) is 5.41 Å². The monoisotopic (exact) mass is 667 g/mol. The van der Waals surface area contributed by atoms with Gasteiger partial charge in [-0.15, -0.1) is 11.3 Å². The molecular weight excluding hydrogens is 639 g/mol. The van der Waals surface area contributed by atoms with Crippen LogP contribution in [0.25, 0.3) is 64.9 Å². The molecule has 1 spiro atoms. The number of para-hydroxylation sites is 1. The molecule has 0 amide bonds. The first kappa shape index (κ1) is 28.5. The third-order valence-corrected chi connectivity index (χ3v) is 11.9. The fraction of sp³-hybridized carbons (Fsp3) is 0.0208. The third-order valence-electron chi connectivity index (χ3n) is 10.7. The summed E-state index contributed by atoms with van der Waals surface area (Å²) in [6, 6.07) is 63.3. The number of aromatic nitrogens is 1. The van der Waals surface area contributed by atoms with Crippen molar-refractivity contribution in [3.8, 4) is 56.3 Å². The molecule has 0 bridgehead atoms. The summed E-state index contributed by atoms with van der Waals surface area (Å²) in [4.78, 5) is 5.31. The van der Waals surface area contributed by atoms with Gasteiger partial charge in [0, 0.05) is 42.4 Å². The van der Waals surface area contributed by atoms with E-state index < -0.39 is 5.41 Å². The van der Waals surface area contributed by atoms with Gasteiger partial charge >= 0.3 is 0 Å². The van der Waals surface area contributed by atoms with E-state index >= 15 is 0 Å². The van der Waals surface area contributed by atoms with Crippen LogP contribution in [0.3, 0.4) is 0 Å². The van der Waals surface area contributed by atoms with Gasteiger partial charge in [0.05, 0.1) is 16.8 Å². The van der Waals surface area contributed by atoms with Crippen LogP contribution in [-0.4, -0.2) is 4.98 Å². The molecule has 9 aromatic rings. The number of fused-ring (bicyclic) bond motifs is 12. The van der Waals surface area contributed by atoms with Crippen LogP contribution in [0.4, 0.5) is 0 Å². The first-order valence-corrected chi connectivity index (χ1v) is 18.2. The van der Waals surface area contributed by atoms with E-state index in [1.165, 1.54) is 59.1 Å².